The van der Waals surface area contributed by atoms with Crippen LogP contribution in [0.1, 0.15) is 67.4 Å². The molecular formula is C54H63N9O9. The quantitative estimate of drug-likeness (QED) is 0.0959. The van der Waals surface area contributed by atoms with Crippen molar-refractivity contribution >= 4 is 17.7 Å². The minimum atomic E-state index is -0.448. The summed E-state index contributed by atoms with van der Waals surface area (Å²) in [4.78, 5) is 103. The number of nitrogens with one attached hydrogen (secondary N) is 3. The predicted molar refractivity (Wildman–Crippen MR) is 272 cm³/mol. The van der Waals surface area contributed by atoms with Crippen molar-refractivity contribution in [2.45, 2.75) is 39.1 Å². The Bertz CT molecular complexity index is 2520. The van der Waals surface area contributed by atoms with Gasteiger partial charge in [-0.15, -0.1) is 14.2 Å². The van der Waals surface area contributed by atoms with E-state index in [0.29, 0.717) is 39.3 Å². The Kier molecular flexibility index (Phi) is 19.9. The fourth-order valence-electron chi connectivity index (χ4n) is 8.28. The molecule has 378 valence electrons. The number of benzene rings is 3. The maximum Gasteiger partial charge on any atom is 0.283 e. The molecule has 0 atom stereocenters. The zero-order valence-corrected chi connectivity index (χ0v) is 40.4. The lowest BCUT2D eigenvalue weighted by Crippen LogP contribution is -2.43. The smallest absolute Gasteiger partial charge is 0.283 e. The lowest BCUT2D eigenvalue weighted by atomic mass is 10.2. The highest BCUT2D eigenvalue weighted by atomic mass is 16.7. The van der Waals surface area contributed by atoms with Crippen LogP contribution in [0.15, 0.2) is 160 Å². The summed E-state index contributed by atoms with van der Waals surface area (Å²) in [5.74, 6) is -1.29. The minimum Gasteiger partial charge on any atom is -0.405 e. The van der Waals surface area contributed by atoms with Crippen molar-refractivity contribution in [2.24, 2.45) is 0 Å². The molecule has 18 nitrogen and oxygen atoms in total. The third kappa shape index (κ3) is 15.9. The van der Waals surface area contributed by atoms with Gasteiger partial charge in [-0.2, -0.15) is 0 Å². The van der Waals surface area contributed by atoms with Crippen molar-refractivity contribution in [2.75, 3.05) is 78.5 Å². The van der Waals surface area contributed by atoms with Crippen molar-refractivity contribution in [3.63, 3.8) is 0 Å². The van der Waals surface area contributed by atoms with Crippen LogP contribution in [0.25, 0.3) is 0 Å². The standard InChI is InChI=1S/C54H63N9O9/c64-49-25-10-22-46(61(49)70-40-43-16-4-1-5-17-43)52(67)55-28-37-58-31-13-33-59(38-29-56-53(68)47-23-11-26-50(65)62(47)71-41-44-18-6-2-7-19-44)35-15-36-60(34-14-32-58)39-30-57-54(69)48-24-12-27-51(66)63(48)72-42-45-20-8-3-9-21-45/h1-12,16-27H,13-15,28-42H2,(H,55,67)(H,56,68)(H,57,69). The van der Waals surface area contributed by atoms with Gasteiger partial charge in [0.25, 0.3) is 34.4 Å². The van der Waals surface area contributed by atoms with Gasteiger partial charge in [0.2, 0.25) is 0 Å². The van der Waals surface area contributed by atoms with Crippen LogP contribution in [0.4, 0.5) is 0 Å². The van der Waals surface area contributed by atoms with Gasteiger partial charge in [0.1, 0.15) is 36.9 Å². The van der Waals surface area contributed by atoms with Crippen LogP contribution < -0.4 is 47.1 Å². The molecule has 1 aliphatic rings. The SMILES string of the molecule is O=C(NCCN1CCCN(CCNC(=O)c2cccc(=O)n2OCc2ccccc2)CCCN(CCNC(=O)c2cccc(=O)n2OCc2ccccc2)CCC1)c1cccc(=O)n1OCc1ccccc1. The van der Waals surface area contributed by atoms with Crippen LogP contribution in [0.2, 0.25) is 0 Å². The number of hydrogen-bond acceptors (Lipinski definition) is 12. The number of amides is 3. The van der Waals surface area contributed by atoms with Crippen LogP contribution in [0.5, 0.6) is 0 Å². The zero-order chi connectivity index (χ0) is 50.3. The lowest BCUT2D eigenvalue weighted by Gasteiger charge is -2.30. The lowest BCUT2D eigenvalue weighted by molar-refractivity contribution is 0.0704. The summed E-state index contributed by atoms with van der Waals surface area (Å²) in [5.41, 5.74) is 1.52. The van der Waals surface area contributed by atoms with E-state index in [4.69, 9.17) is 14.5 Å². The number of hydrogen-bond donors (Lipinski definition) is 3. The van der Waals surface area contributed by atoms with Gasteiger partial charge < -0.3 is 45.2 Å². The Morgan fingerprint density at radius 1 is 0.361 bits per heavy atom. The van der Waals surface area contributed by atoms with E-state index in [9.17, 15) is 28.8 Å². The Morgan fingerprint density at radius 3 is 0.889 bits per heavy atom. The molecule has 1 aliphatic heterocycles. The van der Waals surface area contributed by atoms with Gasteiger partial charge in [0.15, 0.2) is 0 Å². The summed E-state index contributed by atoms with van der Waals surface area (Å²) in [7, 11) is 0. The highest BCUT2D eigenvalue weighted by Gasteiger charge is 2.19. The summed E-state index contributed by atoms with van der Waals surface area (Å²) >= 11 is 0. The molecule has 0 aliphatic carbocycles. The van der Waals surface area contributed by atoms with Crippen molar-refractivity contribution in [1.29, 1.82) is 0 Å². The van der Waals surface area contributed by atoms with E-state index in [1.54, 1.807) is 18.2 Å². The summed E-state index contributed by atoms with van der Waals surface area (Å²) in [6, 6.07) is 41.5. The average Bonchev–Trinajstić information content (AvgIpc) is 3.39. The zero-order valence-electron chi connectivity index (χ0n) is 40.4. The molecule has 3 amide bonds. The van der Waals surface area contributed by atoms with Gasteiger partial charge in [0.05, 0.1) is 0 Å². The number of carbonyl (C=O) groups is 3. The molecule has 0 radical (unpaired) electrons. The van der Waals surface area contributed by atoms with E-state index in [2.05, 4.69) is 30.7 Å². The topological polar surface area (TPSA) is 191 Å². The first-order valence-electron chi connectivity index (χ1n) is 24.4. The average molecular weight is 982 g/mol. The van der Waals surface area contributed by atoms with Gasteiger partial charge in [0, 0.05) is 57.5 Å². The van der Waals surface area contributed by atoms with E-state index in [1.165, 1.54) is 36.4 Å². The van der Waals surface area contributed by atoms with Crippen LogP contribution in [0.3, 0.4) is 0 Å². The Balaban J connectivity index is 0.968. The molecule has 3 N–H and O–H groups in total. The molecule has 1 fully saturated rings. The Labute approximate surface area is 418 Å². The molecule has 18 heteroatoms. The maximum absolute atomic E-state index is 13.5. The summed E-state index contributed by atoms with van der Waals surface area (Å²) in [6.45, 7) is 7.42. The molecule has 0 saturated carbocycles. The minimum absolute atomic E-state index is 0.100. The molecule has 3 aromatic heterocycles. The van der Waals surface area contributed by atoms with E-state index < -0.39 is 34.4 Å². The fraction of sp³-hybridized carbons (Fsp3) is 0.333. The molecule has 7 rings (SSSR count). The van der Waals surface area contributed by atoms with E-state index >= 15 is 0 Å². The summed E-state index contributed by atoms with van der Waals surface area (Å²) in [5, 5.41) is 8.96. The van der Waals surface area contributed by atoms with E-state index in [1.807, 2.05) is 91.0 Å². The van der Waals surface area contributed by atoms with Gasteiger partial charge in [-0.05, 0) is 93.4 Å². The third-order valence-corrected chi connectivity index (χ3v) is 12.0. The third-order valence-electron chi connectivity index (χ3n) is 12.0. The van der Waals surface area contributed by atoms with Crippen LogP contribution in [-0.2, 0) is 19.8 Å². The number of pyridine rings is 3. The fourth-order valence-corrected chi connectivity index (χ4v) is 8.28. The van der Waals surface area contributed by atoms with Gasteiger partial charge in [-0.3, -0.25) is 28.8 Å². The first-order valence-corrected chi connectivity index (χ1v) is 24.4. The maximum atomic E-state index is 13.5. The first-order chi connectivity index (χ1) is 35.2. The second kappa shape index (κ2) is 27.6. The van der Waals surface area contributed by atoms with Crippen molar-refractivity contribution < 1.29 is 28.9 Å². The molecule has 0 bridgehead atoms. The largest absolute Gasteiger partial charge is 0.405 e. The molecule has 4 heterocycles. The van der Waals surface area contributed by atoms with Crippen LogP contribution in [0, 0.1) is 0 Å². The number of nitrogens with zero attached hydrogens (tertiary/aromatic N) is 6. The predicted octanol–water partition coefficient (Wildman–Crippen LogP) is 2.74. The highest BCUT2D eigenvalue weighted by Crippen LogP contribution is 2.08. The van der Waals surface area contributed by atoms with Crippen molar-refractivity contribution in [1.82, 2.24) is 44.8 Å². The second-order valence-electron chi connectivity index (χ2n) is 17.3. The molecular weight excluding hydrogens is 919 g/mol. The molecule has 3 aromatic carbocycles. The van der Waals surface area contributed by atoms with Gasteiger partial charge in [-0.25, -0.2) is 0 Å². The molecule has 72 heavy (non-hydrogen) atoms. The van der Waals surface area contributed by atoms with Gasteiger partial charge in [-0.1, -0.05) is 109 Å². The van der Waals surface area contributed by atoms with E-state index in [-0.39, 0.29) is 36.9 Å². The van der Waals surface area contributed by atoms with Crippen LogP contribution in [-0.4, -0.2) is 125 Å². The highest BCUT2D eigenvalue weighted by molar-refractivity contribution is 5.93. The van der Waals surface area contributed by atoms with Crippen molar-refractivity contribution in [3.05, 3.63) is 210 Å². The Hall–Kier alpha value is -7.80. The summed E-state index contributed by atoms with van der Waals surface area (Å²) in [6.07, 6.45) is 2.48. The van der Waals surface area contributed by atoms with Gasteiger partial charge >= 0.3 is 0 Å². The Morgan fingerprint density at radius 2 is 0.625 bits per heavy atom. The number of carbonyl (C=O) groups excluding carboxylic acids is 3. The normalized spacial score (nSPS) is 14.0. The van der Waals surface area contributed by atoms with Crippen molar-refractivity contribution in [3.8, 4) is 0 Å². The molecule has 0 unspecified atom stereocenters. The summed E-state index contributed by atoms with van der Waals surface area (Å²) < 4.78 is 3.09. The van der Waals surface area contributed by atoms with E-state index in [0.717, 1.165) is 89.4 Å². The molecule has 0 spiro atoms. The first kappa shape index (κ1) is 52.0. The monoisotopic (exact) mass is 981 g/mol. The molecule has 6 aromatic rings. The number of aromatic nitrogens is 3. The second-order valence-corrected chi connectivity index (χ2v) is 17.3. The molecule has 1 saturated heterocycles. The van der Waals surface area contributed by atoms with Crippen LogP contribution >= 0.6 is 0 Å². The number of rotatable bonds is 21.